The molecule has 0 unspecified atom stereocenters. The van der Waals surface area contributed by atoms with Gasteiger partial charge in [-0.05, 0) is 51.3 Å². The SMILES string of the molecule is CC(C)(C)OC(=O)COC1(c2ccc(Br)cc2)CC2(CNC2)C1. The van der Waals surface area contributed by atoms with Crippen molar-refractivity contribution in [1.82, 2.24) is 5.32 Å². The fourth-order valence-electron chi connectivity index (χ4n) is 3.60. The Bertz CT molecular complexity index is 579. The van der Waals surface area contributed by atoms with Gasteiger partial charge in [0.15, 0.2) is 0 Å². The molecule has 0 bridgehead atoms. The molecule has 0 amide bonds. The van der Waals surface area contributed by atoms with Gasteiger partial charge in [-0.3, -0.25) is 0 Å². The first-order chi connectivity index (χ1) is 10.7. The zero-order valence-corrected chi connectivity index (χ0v) is 15.5. The van der Waals surface area contributed by atoms with Crippen molar-refractivity contribution in [2.24, 2.45) is 5.41 Å². The average Bonchev–Trinajstić information content (AvgIpc) is 2.35. The van der Waals surface area contributed by atoms with Crippen LogP contribution < -0.4 is 5.32 Å². The lowest BCUT2D eigenvalue weighted by molar-refractivity contribution is -0.206. The molecule has 5 heteroatoms. The Kier molecular flexibility index (Phi) is 4.32. The Morgan fingerprint density at radius 2 is 1.83 bits per heavy atom. The molecule has 1 heterocycles. The minimum absolute atomic E-state index is 0.00313. The summed E-state index contributed by atoms with van der Waals surface area (Å²) in [7, 11) is 0. The van der Waals surface area contributed by atoms with Crippen molar-refractivity contribution >= 4 is 21.9 Å². The Balaban J connectivity index is 1.70. The standard InChI is InChI=1S/C18H24BrNO3/c1-16(2,3)23-15(21)8-22-18(9-17(10-18)11-20-12-17)13-4-6-14(19)7-5-13/h4-7,20H,8-12H2,1-3H3. The summed E-state index contributed by atoms with van der Waals surface area (Å²) in [6.07, 6.45) is 1.91. The lowest BCUT2D eigenvalue weighted by atomic mass is 9.54. The highest BCUT2D eigenvalue weighted by molar-refractivity contribution is 9.10. The van der Waals surface area contributed by atoms with Crippen molar-refractivity contribution < 1.29 is 14.3 Å². The Morgan fingerprint density at radius 1 is 1.22 bits per heavy atom. The largest absolute Gasteiger partial charge is 0.458 e. The van der Waals surface area contributed by atoms with E-state index < -0.39 is 5.60 Å². The summed E-state index contributed by atoms with van der Waals surface area (Å²) < 4.78 is 12.5. The number of benzene rings is 1. The first-order valence-corrected chi connectivity index (χ1v) is 8.84. The van der Waals surface area contributed by atoms with Crippen molar-refractivity contribution in [3.8, 4) is 0 Å². The van der Waals surface area contributed by atoms with Gasteiger partial charge in [-0.2, -0.15) is 0 Å². The quantitative estimate of drug-likeness (QED) is 0.812. The van der Waals surface area contributed by atoms with Crippen LogP contribution in [0.25, 0.3) is 0 Å². The molecule has 2 aliphatic rings. The molecule has 1 spiro atoms. The summed E-state index contributed by atoms with van der Waals surface area (Å²) in [5, 5.41) is 3.34. The zero-order valence-electron chi connectivity index (χ0n) is 13.9. The molecular formula is C18H24BrNO3. The van der Waals surface area contributed by atoms with E-state index in [0.29, 0.717) is 5.41 Å². The maximum atomic E-state index is 12.0. The topological polar surface area (TPSA) is 47.6 Å². The van der Waals surface area contributed by atoms with Crippen molar-refractivity contribution in [1.29, 1.82) is 0 Å². The number of rotatable bonds is 4. The molecule has 4 nitrogen and oxygen atoms in total. The van der Waals surface area contributed by atoms with Crippen LogP contribution >= 0.6 is 15.9 Å². The fourth-order valence-corrected chi connectivity index (χ4v) is 3.86. The molecule has 0 radical (unpaired) electrons. The molecule has 1 saturated heterocycles. The lowest BCUT2D eigenvalue weighted by Crippen LogP contribution is -2.66. The molecule has 0 aromatic heterocycles. The van der Waals surface area contributed by atoms with E-state index in [-0.39, 0.29) is 18.2 Å². The van der Waals surface area contributed by atoms with Gasteiger partial charge in [-0.15, -0.1) is 0 Å². The first-order valence-electron chi connectivity index (χ1n) is 8.05. The van der Waals surface area contributed by atoms with Crippen LogP contribution in [0.1, 0.15) is 39.2 Å². The Morgan fingerprint density at radius 3 is 2.30 bits per heavy atom. The van der Waals surface area contributed by atoms with E-state index >= 15 is 0 Å². The molecule has 1 saturated carbocycles. The van der Waals surface area contributed by atoms with Crippen LogP contribution in [0.5, 0.6) is 0 Å². The molecule has 1 aromatic carbocycles. The number of halogens is 1. The van der Waals surface area contributed by atoms with E-state index in [9.17, 15) is 4.79 Å². The monoisotopic (exact) mass is 381 g/mol. The third kappa shape index (κ3) is 3.62. The van der Waals surface area contributed by atoms with Gasteiger partial charge in [0, 0.05) is 23.0 Å². The molecule has 1 aromatic rings. The van der Waals surface area contributed by atoms with Crippen LogP contribution in [0, 0.1) is 5.41 Å². The predicted molar refractivity (Wildman–Crippen MR) is 92.2 cm³/mol. The minimum atomic E-state index is -0.482. The highest BCUT2D eigenvalue weighted by Gasteiger charge is 2.59. The van der Waals surface area contributed by atoms with Crippen molar-refractivity contribution in [3.05, 3.63) is 34.3 Å². The fraction of sp³-hybridized carbons (Fsp3) is 0.611. The van der Waals surface area contributed by atoms with Gasteiger partial charge >= 0.3 is 5.97 Å². The summed E-state index contributed by atoms with van der Waals surface area (Å²) >= 11 is 3.47. The lowest BCUT2D eigenvalue weighted by Gasteiger charge is -2.60. The second kappa shape index (κ2) is 5.87. The van der Waals surface area contributed by atoms with Crippen LogP contribution in [-0.4, -0.2) is 31.3 Å². The normalized spacial score (nSPS) is 21.4. The van der Waals surface area contributed by atoms with E-state index in [1.807, 2.05) is 32.9 Å². The third-order valence-corrected chi connectivity index (χ3v) is 5.11. The van der Waals surface area contributed by atoms with E-state index in [4.69, 9.17) is 9.47 Å². The van der Waals surface area contributed by atoms with Crippen LogP contribution in [0.2, 0.25) is 0 Å². The van der Waals surface area contributed by atoms with Gasteiger partial charge in [-0.25, -0.2) is 4.79 Å². The van der Waals surface area contributed by atoms with Crippen molar-refractivity contribution in [3.63, 3.8) is 0 Å². The summed E-state index contributed by atoms with van der Waals surface area (Å²) in [6, 6.07) is 8.21. The maximum absolute atomic E-state index is 12.0. The average molecular weight is 382 g/mol. The van der Waals surface area contributed by atoms with Gasteiger partial charge < -0.3 is 14.8 Å². The van der Waals surface area contributed by atoms with Crippen LogP contribution in [0.15, 0.2) is 28.7 Å². The third-order valence-electron chi connectivity index (χ3n) is 4.58. The smallest absolute Gasteiger partial charge is 0.332 e. The summed E-state index contributed by atoms with van der Waals surface area (Å²) in [6.45, 7) is 7.69. The maximum Gasteiger partial charge on any atom is 0.332 e. The Hall–Kier alpha value is -0.910. The van der Waals surface area contributed by atoms with E-state index in [1.165, 1.54) is 0 Å². The highest BCUT2D eigenvalue weighted by atomic mass is 79.9. The molecule has 1 aliphatic heterocycles. The highest BCUT2D eigenvalue weighted by Crippen LogP contribution is 2.58. The van der Waals surface area contributed by atoms with Gasteiger partial charge in [0.05, 0.1) is 5.60 Å². The molecule has 23 heavy (non-hydrogen) atoms. The Labute approximate surface area is 146 Å². The van der Waals surface area contributed by atoms with Gasteiger partial charge in [0.25, 0.3) is 0 Å². The molecule has 1 aliphatic carbocycles. The second-order valence-electron chi connectivity index (χ2n) is 7.83. The summed E-state index contributed by atoms with van der Waals surface area (Å²) in [4.78, 5) is 12.0. The number of carbonyl (C=O) groups is 1. The van der Waals surface area contributed by atoms with Gasteiger partial charge in [-0.1, -0.05) is 28.1 Å². The van der Waals surface area contributed by atoms with Crippen molar-refractivity contribution in [2.45, 2.75) is 44.8 Å². The molecule has 2 fully saturated rings. The molecule has 1 N–H and O–H groups in total. The predicted octanol–water partition coefficient (Wildman–Crippen LogP) is 3.39. The van der Waals surface area contributed by atoms with E-state index in [1.54, 1.807) is 0 Å². The number of hydrogen-bond acceptors (Lipinski definition) is 4. The van der Waals surface area contributed by atoms with Gasteiger partial charge in [0.1, 0.15) is 12.2 Å². The summed E-state index contributed by atoms with van der Waals surface area (Å²) in [5.41, 5.74) is 0.645. The number of carbonyl (C=O) groups excluding carboxylic acids is 1. The number of nitrogens with one attached hydrogen (secondary N) is 1. The molecule has 0 atom stereocenters. The molecule has 126 valence electrons. The van der Waals surface area contributed by atoms with Crippen LogP contribution in [0.4, 0.5) is 0 Å². The van der Waals surface area contributed by atoms with Crippen molar-refractivity contribution in [2.75, 3.05) is 19.7 Å². The van der Waals surface area contributed by atoms with E-state index in [0.717, 1.165) is 36.0 Å². The molecule has 3 rings (SSSR count). The first kappa shape index (κ1) is 16.9. The molecular weight excluding hydrogens is 358 g/mol. The number of hydrogen-bond donors (Lipinski definition) is 1. The zero-order chi connectivity index (χ0) is 16.7. The number of ether oxygens (including phenoxy) is 2. The number of esters is 1. The van der Waals surface area contributed by atoms with Gasteiger partial charge in [0.2, 0.25) is 0 Å². The van der Waals surface area contributed by atoms with E-state index in [2.05, 4.69) is 33.4 Å². The minimum Gasteiger partial charge on any atom is -0.458 e. The van der Waals surface area contributed by atoms with Crippen LogP contribution in [-0.2, 0) is 19.9 Å². The second-order valence-corrected chi connectivity index (χ2v) is 8.75. The van der Waals surface area contributed by atoms with Crippen LogP contribution in [0.3, 0.4) is 0 Å². The summed E-state index contributed by atoms with van der Waals surface area (Å²) in [5.74, 6) is -0.304.